The number of carbonyl (C=O) groups is 1. The molecule has 0 aliphatic carbocycles. The summed E-state index contributed by atoms with van der Waals surface area (Å²) in [6, 6.07) is 3.63. The number of nitriles is 1. The summed E-state index contributed by atoms with van der Waals surface area (Å²) in [5.41, 5.74) is 0.469. The van der Waals surface area contributed by atoms with Crippen molar-refractivity contribution in [3.05, 3.63) is 17.8 Å². The van der Waals surface area contributed by atoms with Gasteiger partial charge in [0.2, 0.25) is 0 Å². The van der Waals surface area contributed by atoms with E-state index < -0.39 is 0 Å². The van der Waals surface area contributed by atoms with Crippen LogP contribution >= 0.6 is 11.8 Å². The van der Waals surface area contributed by atoms with Gasteiger partial charge in [-0.25, -0.2) is 0 Å². The molecule has 1 heterocycles. The molecule has 0 radical (unpaired) electrons. The number of rotatable bonds is 4. The van der Waals surface area contributed by atoms with Gasteiger partial charge >= 0.3 is 5.97 Å². The zero-order valence-corrected chi connectivity index (χ0v) is 9.82. The van der Waals surface area contributed by atoms with Crippen LogP contribution in [0.3, 0.4) is 0 Å². The average molecular weight is 237 g/mol. The summed E-state index contributed by atoms with van der Waals surface area (Å²) in [5.74, 6) is -0.276. The van der Waals surface area contributed by atoms with Crippen LogP contribution < -0.4 is 0 Å². The fourth-order valence-electron chi connectivity index (χ4n) is 1.04. The Morgan fingerprint density at radius 3 is 3.12 bits per heavy atom. The SMILES string of the molecule is COC(=O)CC(C)Sc1nnccc1C#N. The van der Waals surface area contributed by atoms with E-state index in [9.17, 15) is 4.79 Å². The molecule has 0 spiro atoms. The molecular weight excluding hydrogens is 226 g/mol. The van der Waals surface area contributed by atoms with Crippen LogP contribution in [0.5, 0.6) is 0 Å². The molecule has 0 saturated carbocycles. The normalized spacial score (nSPS) is 11.6. The zero-order chi connectivity index (χ0) is 12.0. The van der Waals surface area contributed by atoms with E-state index >= 15 is 0 Å². The Kier molecular flexibility index (Phi) is 4.73. The van der Waals surface area contributed by atoms with Gasteiger partial charge in [-0.2, -0.15) is 10.4 Å². The molecule has 0 aliphatic rings. The average Bonchev–Trinajstić information content (AvgIpc) is 2.29. The number of carbonyl (C=O) groups excluding carboxylic acids is 1. The maximum atomic E-state index is 11.0. The Morgan fingerprint density at radius 2 is 2.50 bits per heavy atom. The van der Waals surface area contributed by atoms with E-state index in [2.05, 4.69) is 14.9 Å². The Balaban J connectivity index is 2.66. The summed E-state index contributed by atoms with van der Waals surface area (Å²) < 4.78 is 4.56. The van der Waals surface area contributed by atoms with Crippen molar-refractivity contribution in [3.8, 4) is 6.07 Å². The van der Waals surface area contributed by atoms with Crippen molar-refractivity contribution in [2.24, 2.45) is 0 Å². The molecule has 0 N–H and O–H groups in total. The molecule has 1 unspecified atom stereocenters. The second-order valence-corrected chi connectivity index (χ2v) is 4.50. The number of esters is 1. The van der Waals surface area contributed by atoms with Gasteiger partial charge in [0.15, 0.2) is 0 Å². The monoisotopic (exact) mass is 237 g/mol. The molecule has 0 bridgehead atoms. The molecule has 0 saturated heterocycles. The highest BCUT2D eigenvalue weighted by Gasteiger charge is 2.13. The van der Waals surface area contributed by atoms with Crippen molar-refractivity contribution >= 4 is 17.7 Å². The number of nitrogens with zero attached hydrogens (tertiary/aromatic N) is 3. The summed E-state index contributed by atoms with van der Waals surface area (Å²) >= 11 is 1.34. The predicted molar refractivity (Wildman–Crippen MR) is 58.7 cm³/mol. The van der Waals surface area contributed by atoms with E-state index in [1.807, 2.05) is 13.0 Å². The van der Waals surface area contributed by atoms with Crippen molar-refractivity contribution in [2.45, 2.75) is 23.6 Å². The molecule has 0 aromatic carbocycles. The van der Waals surface area contributed by atoms with Gasteiger partial charge in [-0.15, -0.1) is 5.10 Å². The molecule has 0 fully saturated rings. The van der Waals surface area contributed by atoms with Crippen molar-refractivity contribution in [2.75, 3.05) is 7.11 Å². The van der Waals surface area contributed by atoms with Crippen LogP contribution in [0.15, 0.2) is 17.3 Å². The molecule has 1 atom stereocenters. The van der Waals surface area contributed by atoms with Crippen LogP contribution in [0.25, 0.3) is 0 Å². The number of hydrogen-bond donors (Lipinski definition) is 0. The number of hydrogen-bond acceptors (Lipinski definition) is 6. The number of methoxy groups -OCH3 is 1. The minimum Gasteiger partial charge on any atom is -0.469 e. The quantitative estimate of drug-likeness (QED) is 0.582. The Labute approximate surface area is 97.8 Å². The second-order valence-electron chi connectivity index (χ2n) is 3.07. The summed E-state index contributed by atoms with van der Waals surface area (Å²) in [4.78, 5) is 11.0. The van der Waals surface area contributed by atoms with Gasteiger partial charge in [0, 0.05) is 5.25 Å². The lowest BCUT2D eigenvalue weighted by atomic mass is 10.3. The molecule has 0 amide bonds. The first-order chi connectivity index (χ1) is 7.67. The summed E-state index contributed by atoms with van der Waals surface area (Å²) in [7, 11) is 1.35. The van der Waals surface area contributed by atoms with E-state index in [0.717, 1.165) is 0 Å². The van der Waals surface area contributed by atoms with E-state index in [1.54, 1.807) is 6.07 Å². The second kappa shape index (κ2) is 6.08. The largest absolute Gasteiger partial charge is 0.469 e. The minimum absolute atomic E-state index is 0.00347. The van der Waals surface area contributed by atoms with Gasteiger partial charge in [0.05, 0.1) is 25.3 Å². The Bertz CT molecular complexity index is 417. The lowest BCUT2D eigenvalue weighted by molar-refractivity contribution is -0.140. The first kappa shape index (κ1) is 12.5. The van der Waals surface area contributed by atoms with Gasteiger partial charge in [0.1, 0.15) is 11.1 Å². The van der Waals surface area contributed by atoms with Crippen molar-refractivity contribution in [3.63, 3.8) is 0 Å². The van der Waals surface area contributed by atoms with Gasteiger partial charge in [0.25, 0.3) is 0 Å². The predicted octanol–water partition coefficient (Wildman–Crippen LogP) is 1.39. The van der Waals surface area contributed by atoms with Gasteiger partial charge in [-0.3, -0.25) is 4.79 Å². The molecule has 5 nitrogen and oxygen atoms in total. The maximum Gasteiger partial charge on any atom is 0.306 e. The zero-order valence-electron chi connectivity index (χ0n) is 9.01. The fraction of sp³-hybridized carbons (Fsp3) is 0.400. The van der Waals surface area contributed by atoms with E-state index in [0.29, 0.717) is 10.6 Å². The van der Waals surface area contributed by atoms with Crippen LogP contribution in [0.1, 0.15) is 18.9 Å². The van der Waals surface area contributed by atoms with E-state index in [-0.39, 0.29) is 17.6 Å². The van der Waals surface area contributed by atoms with Crippen molar-refractivity contribution in [1.29, 1.82) is 5.26 Å². The molecule has 1 aromatic rings. The molecule has 1 aromatic heterocycles. The van der Waals surface area contributed by atoms with Crippen LogP contribution in [0.4, 0.5) is 0 Å². The first-order valence-electron chi connectivity index (χ1n) is 4.62. The third-order valence-corrected chi connectivity index (χ3v) is 2.90. The van der Waals surface area contributed by atoms with Crippen molar-refractivity contribution in [1.82, 2.24) is 10.2 Å². The standard InChI is InChI=1S/C10H11N3O2S/c1-7(5-9(14)15-2)16-10-8(6-11)3-4-12-13-10/h3-4,7H,5H2,1-2H3. The lowest BCUT2D eigenvalue weighted by Crippen LogP contribution is -2.09. The summed E-state index contributed by atoms with van der Waals surface area (Å²) in [6.45, 7) is 1.87. The number of aromatic nitrogens is 2. The molecule has 6 heteroatoms. The van der Waals surface area contributed by atoms with Crippen LogP contribution in [0, 0.1) is 11.3 Å². The Morgan fingerprint density at radius 1 is 1.75 bits per heavy atom. The summed E-state index contributed by atoms with van der Waals surface area (Å²) in [5, 5.41) is 16.9. The summed E-state index contributed by atoms with van der Waals surface area (Å²) in [6.07, 6.45) is 1.75. The third-order valence-electron chi connectivity index (χ3n) is 1.80. The van der Waals surface area contributed by atoms with Gasteiger partial charge in [-0.1, -0.05) is 18.7 Å². The first-order valence-corrected chi connectivity index (χ1v) is 5.50. The Hall–Kier alpha value is -1.61. The number of thioether (sulfide) groups is 1. The number of ether oxygens (including phenoxy) is 1. The molecule has 84 valence electrons. The smallest absolute Gasteiger partial charge is 0.306 e. The van der Waals surface area contributed by atoms with Gasteiger partial charge in [-0.05, 0) is 6.07 Å². The molecular formula is C10H11N3O2S. The van der Waals surface area contributed by atoms with Crippen LogP contribution in [-0.2, 0) is 9.53 Å². The van der Waals surface area contributed by atoms with Gasteiger partial charge < -0.3 is 4.74 Å². The highest BCUT2D eigenvalue weighted by Crippen LogP contribution is 2.25. The fourth-order valence-corrected chi connectivity index (χ4v) is 1.98. The highest BCUT2D eigenvalue weighted by atomic mass is 32.2. The lowest BCUT2D eigenvalue weighted by Gasteiger charge is -2.08. The maximum absolute atomic E-state index is 11.0. The van der Waals surface area contributed by atoms with Crippen LogP contribution in [-0.4, -0.2) is 28.5 Å². The highest BCUT2D eigenvalue weighted by molar-refractivity contribution is 7.99. The topological polar surface area (TPSA) is 75.9 Å². The molecule has 0 aliphatic heterocycles. The van der Waals surface area contributed by atoms with E-state index in [4.69, 9.17) is 5.26 Å². The minimum atomic E-state index is -0.276. The molecule has 1 rings (SSSR count). The third kappa shape index (κ3) is 3.51. The van der Waals surface area contributed by atoms with Crippen molar-refractivity contribution < 1.29 is 9.53 Å². The van der Waals surface area contributed by atoms with E-state index in [1.165, 1.54) is 25.1 Å². The molecule has 16 heavy (non-hydrogen) atoms. The van der Waals surface area contributed by atoms with Crippen LogP contribution in [0.2, 0.25) is 0 Å².